The number of anilines is 2. The molecule has 2 bridgehead atoms. The van der Waals surface area contributed by atoms with Crippen LogP contribution in [0.3, 0.4) is 0 Å². The van der Waals surface area contributed by atoms with E-state index in [1.54, 1.807) is 25.1 Å². The molecule has 3 fully saturated rings. The molecule has 7 atom stereocenters. The van der Waals surface area contributed by atoms with Crippen LogP contribution in [-0.4, -0.2) is 49.6 Å². The standard InChI is InChI=1S/C36H31F3N4O8S3/c1-2-50-24-13-16(7-12-23(24)51-15-25(44)41-17-8-10-18(11-9-17)54(40,48)49)26-27-19-14-20(30(27)52-32-31(26)53-35(47)42-32)29-28(19)33(45)43(34(29)46)22-6-4-3-5-21(22)36(37,38)39/h3-13,19-20,26-30H,2,14-15H2,1H3,(H,41,44)(H,42,47)(H2,40,48,49)/t19-,20-,26-,27?,28?,29?,30?/m1/s1. The van der Waals surface area contributed by atoms with Crippen molar-refractivity contribution >= 4 is 62.2 Å². The number of carbonyl (C=O) groups excluding carboxylic acids is 3. The normalized spacial score (nSPS) is 25.6. The zero-order chi connectivity index (χ0) is 38.3. The molecule has 2 aliphatic heterocycles. The molecule has 3 heterocycles. The van der Waals surface area contributed by atoms with Crippen LogP contribution in [0.1, 0.15) is 35.3 Å². The molecule has 4 N–H and O–H groups in total. The third-order valence-corrected chi connectivity index (χ3v) is 14.1. The summed E-state index contributed by atoms with van der Waals surface area (Å²) in [5.41, 5.74) is -0.441. The quantitative estimate of drug-likeness (QED) is 0.192. The highest BCUT2D eigenvalue weighted by Crippen LogP contribution is 2.69. The molecule has 54 heavy (non-hydrogen) atoms. The van der Waals surface area contributed by atoms with Crippen molar-refractivity contribution in [3.05, 3.63) is 92.4 Å². The number of hydrogen-bond donors (Lipinski definition) is 3. The number of thiazole rings is 1. The Balaban J connectivity index is 1.08. The number of aromatic nitrogens is 1. The average Bonchev–Trinajstić information content (AvgIpc) is 3.86. The van der Waals surface area contributed by atoms with Gasteiger partial charge in [-0.05, 0) is 85.2 Å². The van der Waals surface area contributed by atoms with E-state index in [4.69, 9.17) is 14.6 Å². The number of amides is 3. The molecule has 0 radical (unpaired) electrons. The molecule has 12 nitrogen and oxygen atoms in total. The maximum atomic E-state index is 14.1. The van der Waals surface area contributed by atoms with E-state index in [2.05, 4.69) is 10.3 Å². The first-order valence-corrected chi connectivity index (χ1v) is 20.2. The fraction of sp³-hybridized carbons (Fsp3) is 0.333. The van der Waals surface area contributed by atoms with Crippen LogP contribution < -0.4 is 29.7 Å². The lowest BCUT2D eigenvalue weighted by atomic mass is 9.68. The zero-order valence-corrected chi connectivity index (χ0v) is 30.6. The summed E-state index contributed by atoms with van der Waals surface area (Å²) in [6.45, 7) is 1.61. The summed E-state index contributed by atoms with van der Waals surface area (Å²) in [5.74, 6) is -4.11. The lowest BCUT2D eigenvalue weighted by Gasteiger charge is -2.43. The predicted octanol–water partition coefficient (Wildman–Crippen LogP) is 5.20. The second-order valence-corrected chi connectivity index (χ2v) is 17.3. The number of sulfonamides is 1. The fourth-order valence-electron chi connectivity index (χ4n) is 8.71. The summed E-state index contributed by atoms with van der Waals surface area (Å²) in [7, 11) is -3.90. The third-order valence-electron chi connectivity index (χ3n) is 10.6. The molecule has 3 aromatic carbocycles. The lowest BCUT2D eigenvalue weighted by Crippen LogP contribution is -2.42. The molecule has 2 aliphatic carbocycles. The Morgan fingerprint density at radius 3 is 2.37 bits per heavy atom. The van der Waals surface area contributed by atoms with Crippen molar-refractivity contribution in [2.45, 2.75) is 40.6 Å². The number of alkyl halides is 3. The van der Waals surface area contributed by atoms with Gasteiger partial charge in [0, 0.05) is 21.7 Å². The number of fused-ring (bicyclic) bond motifs is 9. The van der Waals surface area contributed by atoms with Crippen molar-refractivity contribution in [1.82, 2.24) is 4.98 Å². The number of rotatable bonds is 9. The summed E-state index contributed by atoms with van der Waals surface area (Å²) in [6, 6.07) is 15.1. The van der Waals surface area contributed by atoms with Gasteiger partial charge in [-0.25, -0.2) is 18.5 Å². The number of nitrogens with two attached hydrogens (primary N) is 1. The highest BCUT2D eigenvalue weighted by molar-refractivity contribution is 8.00. The van der Waals surface area contributed by atoms with Gasteiger partial charge in [0.2, 0.25) is 21.8 Å². The molecular formula is C36H31F3N4O8S3. The average molecular weight is 801 g/mol. The van der Waals surface area contributed by atoms with Crippen LogP contribution in [0, 0.1) is 29.6 Å². The summed E-state index contributed by atoms with van der Waals surface area (Å²) in [5, 5.41) is 8.21. The zero-order valence-electron chi connectivity index (χ0n) is 28.2. The molecule has 4 aromatic rings. The van der Waals surface area contributed by atoms with Gasteiger partial charge < -0.3 is 19.8 Å². The first-order chi connectivity index (χ1) is 25.7. The van der Waals surface area contributed by atoms with E-state index in [9.17, 15) is 40.8 Å². The molecule has 4 unspecified atom stereocenters. The largest absolute Gasteiger partial charge is 0.490 e. The Kier molecular flexibility index (Phi) is 8.93. The van der Waals surface area contributed by atoms with E-state index in [-0.39, 0.29) is 45.1 Å². The minimum atomic E-state index is -4.77. The van der Waals surface area contributed by atoms with Crippen LogP contribution in [0.15, 0.2) is 81.4 Å². The Morgan fingerprint density at radius 1 is 0.981 bits per heavy atom. The molecule has 2 saturated carbocycles. The van der Waals surface area contributed by atoms with Crippen molar-refractivity contribution in [3.63, 3.8) is 0 Å². The first-order valence-electron chi connectivity index (χ1n) is 16.9. The third kappa shape index (κ3) is 6.08. The number of primary sulfonamides is 1. The van der Waals surface area contributed by atoms with Crippen LogP contribution in [-0.2, 0) is 30.6 Å². The number of H-pyrrole nitrogens is 1. The number of thioether (sulfide) groups is 1. The Morgan fingerprint density at radius 2 is 1.69 bits per heavy atom. The van der Waals surface area contributed by atoms with E-state index in [1.165, 1.54) is 48.2 Å². The van der Waals surface area contributed by atoms with Crippen LogP contribution in [0.25, 0.3) is 0 Å². The van der Waals surface area contributed by atoms with Gasteiger partial charge in [-0.2, -0.15) is 13.2 Å². The lowest BCUT2D eigenvalue weighted by molar-refractivity contribution is -0.137. The monoisotopic (exact) mass is 800 g/mol. The number of para-hydroxylation sites is 1. The van der Waals surface area contributed by atoms with Crippen LogP contribution in [0.2, 0.25) is 0 Å². The number of benzene rings is 3. The number of nitrogens with zero attached hydrogens (tertiary/aromatic N) is 1. The minimum absolute atomic E-state index is 0.109. The molecule has 3 amide bonds. The fourth-order valence-corrected chi connectivity index (χ4v) is 12.1. The highest BCUT2D eigenvalue weighted by atomic mass is 32.2. The summed E-state index contributed by atoms with van der Waals surface area (Å²) >= 11 is 2.51. The maximum absolute atomic E-state index is 14.1. The van der Waals surface area contributed by atoms with Crippen LogP contribution >= 0.6 is 23.1 Å². The maximum Gasteiger partial charge on any atom is 0.418 e. The van der Waals surface area contributed by atoms with Gasteiger partial charge in [0.05, 0.1) is 39.6 Å². The van der Waals surface area contributed by atoms with Crippen molar-refractivity contribution in [2.75, 3.05) is 23.4 Å². The Hall–Kier alpha value is -4.65. The number of imide groups is 1. The number of carbonyl (C=O) groups is 3. The first kappa shape index (κ1) is 36.3. The van der Waals surface area contributed by atoms with Crippen molar-refractivity contribution in [3.8, 4) is 11.5 Å². The number of hydrogen-bond acceptors (Lipinski definition) is 10. The SMILES string of the molecule is CCOc1cc([C@H]2c3sc(=O)[nH]c3SC3C2[C@H]2C[C@@H]3C3C(=O)N(c4ccccc4C(F)(F)F)C(=O)C32)ccc1OCC(=O)Nc1ccc(S(N)(=O)=O)cc1. The van der Waals surface area contributed by atoms with E-state index in [0.717, 1.165) is 38.8 Å². The van der Waals surface area contributed by atoms with Gasteiger partial charge >= 0.3 is 11.0 Å². The summed E-state index contributed by atoms with van der Waals surface area (Å²) < 4.78 is 77.0. The molecule has 0 spiro atoms. The second-order valence-electron chi connectivity index (χ2n) is 13.5. The molecule has 282 valence electrons. The van der Waals surface area contributed by atoms with Crippen molar-refractivity contribution in [1.29, 1.82) is 0 Å². The Bertz CT molecular complexity index is 2360. The summed E-state index contributed by atoms with van der Waals surface area (Å²) in [6.07, 6.45) is -4.23. The van der Waals surface area contributed by atoms with Crippen molar-refractivity contribution in [2.24, 2.45) is 34.7 Å². The van der Waals surface area contributed by atoms with Gasteiger partial charge in [-0.1, -0.05) is 29.5 Å². The number of nitrogens with one attached hydrogen (secondary N) is 2. The second kappa shape index (κ2) is 13.3. The van der Waals surface area contributed by atoms with E-state index in [1.807, 2.05) is 0 Å². The number of halogens is 3. The molecule has 1 aromatic heterocycles. The number of aromatic amines is 1. The van der Waals surface area contributed by atoms with Crippen LogP contribution in [0.4, 0.5) is 24.5 Å². The van der Waals surface area contributed by atoms with Gasteiger partial charge in [0.15, 0.2) is 18.1 Å². The van der Waals surface area contributed by atoms with Gasteiger partial charge in [0.1, 0.15) is 0 Å². The van der Waals surface area contributed by atoms with E-state index in [0.29, 0.717) is 22.9 Å². The predicted molar refractivity (Wildman–Crippen MR) is 192 cm³/mol. The molecule has 18 heteroatoms. The summed E-state index contributed by atoms with van der Waals surface area (Å²) in [4.78, 5) is 57.6. The highest BCUT2D eigenvalue weighted by Gasteiger charge is 2.70. The van der Waals surface area contributed by atoms with Crippen molar-refractivity contribution < 1.29 is 45.4 Å². The molecule has 8 rings (SSSR count). The molecular weight excluding hydrogens is 770 g/mol. The molecule has 1 saturated heterocycles. The van der Waals surface area contributed by atoms with Gasteiger partial charge in [-0.15, -0.1) is 11.8 Å². The minimum Gasteiger partial charge on any atom is -0.490 e. The number of ether oxygens (including phenoxy) is 2. The smallest absolute Gasteiger partial charge is 0.418 e. The van der Waals surface area contributed by atoms with Gasteiger partial charge in [0.25, 0.3) is 5.91 Å². The van der Waals surface area contributed by atoms with Gasteiger partial charge in [-0.3, -0.25) is 19.2 Å². The molecule has 4 aliphatic rings. The Labute approximate surface area is 314 Å². The topological polar surface area (TPSA) is 178 Å². The van der Waals surface area contributed by atoms with Crippen LogP contribution in [0.5, 0.6) is 11.5 Å². The van der Waals surface area contributed by atoms with E-state index >= 15 is 0 Å². The van der Waals surface area contributed by atoms with E-state index < -0.39 is 69.5 Å².